The Kier molecular flexibility index (Phi) is 4.48. The molecular weight excluding hydrogens is 420 g/mol. The summed E-state index contributed by atoms with van der Waals surface area (Å²) in [5, 5.41) is 3.51. The predicted octanol–water partition coefficient (Wildman–Crippen LogP) is 3.64. The predicted molar refractivity (Wildman–Crippen MR) is 120 cm³/mol. The number of carbonyl (C=O) groups is 1. The molecule has 0 saturated carbocycles. The number of urea groups is 1. The summed E-state index contributed by atoms with van der Waals surface area (Å²) >= 11 is 1.46. The van der Waals surface area contributed by atoms with E-state index < -0.39 is 10.0 Å². The standard InChI is InChI=1S/C21H22N4O3S2/c1-30(27,28)25-14-21(15-6-2-4-8-17(15)25)10-12-24(13-11-21)20(26)23-19-22-16-7-3-5-9-18(16)29-19/h2-9H,10-14H2,1H3,(H,22,23,26). The maximum atomic E-state index is 12.8. The van der Waals surface area contributed by atoms with Gasteiger partial charge in [-0.1, -0.05) is 41.7 Å². The van der Waals surface area contributed by atoms with Crippen LogP contribution in [0.2, 0.25) is 0 Å². The summed E-state index contributed by atoms with van der Waals surface area (Å²) in [6.07, 6.45) is 2.70. The van der Waals surface area contributed by atoms with Crippen LogP contribution in [0, 0.1) is 0 Å². The number of benzene rings is 2. The summed E-state index contributed by atoms with van der Waals surface area (Å²) in [4.78, 5) is 19.1. The van der Waals surface area contributed by atoms with Gasteiger partial charge in [0.05, 0.1) is 22.2 Å². The zero-order chi connectivity index (χ0) is 20.9. The van der Waals surface area contributed by atoms with E-state index >= 15 is 0 Å². The Labute approximate surface area is 179 Å². The van der Waals surface area contributed by atoms with Crippen LogP contribution in [0.15, 0.2) is 48.5 Å². The fraction of sp³-hybridized carbons (Fsp3) is 0.333. The van der Waals surface area contributed by atoms with Gasteiger partial charge < -0.3 is 4.90 Å². The number of aromatic nitrogens is 1. The highest BCUT2D eigenvalue weighted by molar-refractivity contribution is 7.92. The van der Waals surface area contributed by atoms with Crippen molar-refractivity contribution in [2.24, 2.45) is 0 Å². The van der Waals surface area contributed by atoms with E-state index in [0.717, 1.165) is 34.3 Å². The van der Waals surface area contributed by atoms with Crippen molar-refractivity contribution < 1.29 is 13.2 Å². The van der Waals surface area contributed by atoms with Gasteiger partial charge >= 0.3 is 6.03 Å². The molecule has 3 aromatic rings. The van der Waals surface area contributed by atoms with Crippen molar-refractivity contribution >= 4 is 48.4 Å². The van der Waals surface area contributed by atoms with E-state index in [2.05, 4.69) is 10.3 Å². The maximum Gasteiger partial charge on any atom is 0.323 e. The molecule has 2 aromatic carbocycles. The second-order valence-corrected chi connectivity index (χ2v) is 10.9. The molecule has 1 aromatic heterocycles. The van der Waals surface area contributed by atoms with E-state index in [1.807, 2.05) is 48.5 Å². The fourth-order valence-corrected chi connectivity index (χ4v) is 6.40. The monoisotopic (exact) mass is 442 g/mol. The average molecular weight is 443 g/mol. The molecular formula is C21H22N4O3S2. The van der Waals surface area contributed by atoms with Gasteiger partial charge in [0, 0.05) is 25.0 Å². The third-order valence-corrected chi connectivity index (χ3v) is 8.18. The molecule has 0 aliphatic carbocycles. The molecule has 0 bridgehead atoms. The molecule has 7 nitrogen and oxygen atoms in total. The number of amides is 2. The van der Waals surface area contributed by atoms with E-state index in [9.17, 15) is 13.2 Å². The summed E-state index contributed by atoms with van der Waals surface area (Å²) < 4.78 is 27.2. The van der Waals surface area contributed by atoms with Gasteiger partial charge in [-0.2, -0.15) is 0 Å². The maximum absolute atomic E-state index is 12.8. The first-order valence-electron chi connectivity index (χ1n) is 9.84. The van der Waals surface area contributed by atoms with Crippen LogP contribution in [0.3, 0.4) is 0 Å². The largest absolute Gasteiger partial charge is 0.324 e. The number of rotatable bonds is 2. The number of hydrogen-bond acceptors (Lipinski definition) is 5. The zero-order valence-corrected chi connectivity index (χ0v) is 18.2. The molecule has 1 saturated heterocycles. The third-order valence-electron chi connectivity index (χ3n) is 6.11. The van der Waals surface area contributed by atoms with Gasteiger partial charge in [0.1, 0.15) is 0 Å². The molecule has 1 fully saturated rings. The van der Waals surface area contributed by atoms with Crippen LogP contribution in [0.1, 0.15) is 18.4 Å². The molecule has 0 unspecified atom stereocenters. The molecule has 2 amide bonds. The van der Waals surface area contributed by atoms with Crippen molar-refractivity contribution in [2.45, 2.75) is 18.3 Å². The first kappa shape index (κ1) is 19.3. The van der Waals surface area contributed by atoms with Crippen molar-refractivity contribution in [2.75, 3.05) is 35.5 Å². The minimum atomic E-state index is -3.34. The number of para-hydroxylation sites is 2. The number of sulfonamides is 1. The summed E-state index contributed by atoms with van der Waals surface area (Å²) in [6, 6.07) is 15.4. The number of likely N-dealkylation sites (tertiary alicyclic amines) is 1. The van der Waals surface area contributed by atoms with Gasteiger partial charge in [-0.25, -0.2) is 18.2 Å². The topological polar surface area (TPSA) is 82.6 Å². The molecule has 5 rings (SSSR count). The molecule has 1 N–H and O–H groups in total. The highest BCUT2D eigenvalue weighted by Gasteiger charge is 2.47. The average Bonchev–Trinajstić information content (AvgIpc) is 3.28. The first-order valence-corrected chi connectivity index (χ1v) is 12.5. The number of nitrogens with one attached hydrogen (secondary N) is 1. The Morgan fingerprint density at radius 2 is 1.80 bits per heavy atom. The lowest BCUT2D eigenvalue weighted by Gasteiger charge is -2.39. The van der Waals surface area contributed by atoms with Gasteiger partial charge in [-0.3, -0.25) is 9.62 Å². The van der Waals surface area contributed by atoms with E-state index in [4.69, 9.17) is 0 Å². The van der Waals surface area contributed by atoms with Crippen LogP contribution in [-0.2, 0) is 15.4 Å². The summed E-state index contributed by atoms with van der Waals surface area (Å²) in [6.45, 7) is 1.59. The Bertz CT molecular complexity index is 1200. The lowest BCUT2D eigenvalue weighted by atomic mass is 9.74. The second-order valence-electron chi connectivity index (χ2n) is 7.97. The van der Waals surface area contributed by atoms with Gasteiger partial charge in [-0.05, 0) is 36.6 Å². The van der Waals surface area contributed by atoms with Crippen molar-refractivity contribution in [1.82, 2.24) is 9.88 Å². The molecule has 30 heavy (non-hydrogen) atoms. The number of nitrogens with zero attached hydrogens (tertiary/aromatic N) is 3. The SMILES string of the molecule is CS(=O)(=O)N1CC2(CCN(C(=O)Nc3nc4ccccc4s3)CC2)c2ccccc21. The third kappa shape index (κ3) is 3.22. The molecule has 9 heteroatoms. The number of thiazole rings is 1. The van der Waals surface area contributed by atoms with E-state index in [0.29, 0.717) is 24.8 Å². The van der Waals surface area contributed by atoms with Crippen LogP contribution in [0.5, 0.6) is 0 Å². The van der Waals surface area contributed by atoms with Gasteiger partial charge in [-0.15, -0.1) is 0 Å². The molecule has 1 spiro atoms. The molecule has 3 heterocycles. The van der Waals surface area contributed by atoms with Gasteiger partial charge in [0.25, 0.3) is 0 Å². The van der Waals surface area contributed by atoms with E-state index in [1.54, 1.807) is 4.90 Å². The molecule has 156 valence electrons. The van der Waals surface area contributed by atoms with Gasteiger partial charge in [0.2, 0.25) is 10.0 Å². The highest BCUT2D eigenvalue weighted by atomic mass is 32.2. The summed E-state index contributed by atoms with van der Waals surface area (Å²) in [5.41, 5.74) is 2.47. The Morgan fingerprint density at radius 1 is 1.10 bits per heavy atom. The molecule has 0 radical (unpaired) electrons. The quantitative estimate of drug-likeness (QED) is 0.657. The number of anilines is 2. The lowest BCUT2D eigenvalue weighted by molar-refractivity contribution is 0.173. The summed E-state index contributed by atoms with van der Waals surface area (Å²) in [5.74, 6) is 0. The van der Waals surface area contributed by atoms with Crippen molar-refractivity contribution in [3.05, 3.63) is 54.1 Å². The zero-order valence-electron chi connectivity index (χ0n) is 16.5. The van der Waals surface area contributed by atoms with Crippen LogP contribution in [-0.4, -0.2) is 50.2 Å². The van der Waals surface area contributed by atoms with Crippen molar-refractivity contribution in [3.8, 4) is 0 Å². The minimum absolute atomic E-state index is 0.157. The number of piperidine rings is 1. The van der Waals surface area contributed by atoms with Crippen LogP contribution in [0.4, 0.5) is 15.6 Å². The summed E-state index contributed by atoms with van der Waals surface area (Å²) in [7, 11) is -3.34. The van der Waals surface area contributed by atoms with Crippen molar-refractivity contribution in [1.29, 1.82) is 0 Å². The minimum Gasteiger partial charge on any atom is -0.324 e. The number of carbonyl (C=O) groups excluding carboxylic acids is 1. The van der Waals surface area contributed by atoms with Crippen LogP contribution in [0.25, 0.3) is 10.2 Å². The molecule has 2 aliphatic heterocycles. The van der Waals surface area contributed by atoms with Crippen molar-refractivity contribution in [3.63, 3.8) is 0 Å². The van der Waals surface area contributed by atoms with E-state index in [1.165, 1.54) is 21.9 Å². The molecule has 2 aliphatic rings. The fourth-order valence-electron chi connectivity index (χ4n) is 4.54. The van der Waals surface area contributed by atoms with Crippen LogP contribution < -0.4 is 9.62 Å². The Balaban J connectivity index is 1.32. The smallest absolute Gasteiger partial charge is 0.323 e. The van der Waals surface area contributed by atoms with E-state index in [-0.39, 0.29) is 11.4 Å². The van der Waals surface area contributed by atoms with Gasteiger partial charge in [0.15, 0.2) is 5.13 Å². The Hall–Kier alpha value is -2.65. The Morgan fingerprint density at radius 3 is 2.53 bits per heavy atom. The first-order chi connectivity index (χ1) is 14.4. The lowest BCUT2D eigenvalue weighted by Crippen LogP contribution is -2.48. The van der Waals surface area contributed by atoms with Crippen LogP contribution >= 0.6 is 11.3 Å². The number of hydrogen-bond donors (Lipinski definition) is 1. The molecule has 0 atom stereocenters. The second kappa shape index (κ2) is 6.95. The normalized spacial score (nSPS) is 18.0. The number of fused-ring (bicyclic) bond motifs is 3. The highest BCUT2D eigenvalue weighted by Crippen LogP contribution is 2.47.